The van der Waals surface area contributed by atoms with Crippen molar-refractivity contribution in [1.29, 1.82) is 0 Å². The topological polar surface area (TPSA) is 24.5 Å². The van der Waals surface area contributed by atoms with Gasteiger partial charge < -0.3 is 10.1 Å². The highest BCUT2D eigenvalue weighted by Crippen LogP contribution is 2.18. The molecule has 0 spiro atoms. The molecule has 1 N–H and O–H groups in total. The Morgan fingerprint density at radius 1 is 1.57 bits per heavy atom. The molecule has 0 amide bonds. The van der Waals surface area contributed by atoms with Crippen molar-refractivity contribution >= 4 is 0 Å². The highest BCUT2D eigenvalue weighted by atomic mass is 16.5. The van der Waals surface area contributed by atoms with Gasteiger partial charge in [-0.05, 0) is 27.3 Å². The third kappa shape index (κ3) is 2.69. The number of nitrogens with one attached hydrogen (secondary N) is 1. The van der Waals surface area contributed by atoms with Gasteiger partial charge >= 0.3 is 0 Å². The first-order chi connectivity index (χ1) is 6.70. The van der Waals surface area contributed by atoms with Gasteiger partial charge in [-0.2, -0.15) is 0 Å². The fourth-order valence-corrected chi connectivity index (χ4v) is 2.29. The molecule has 1 heterocycles. The summed E-state index contributed by atoms with van der Waals surface area (Å²) in [6.07, 6.45) is 1.51. The molecule has 1 aliphatic heterocycles. The highest BCUT2D eigenvalue weighted by Gasteiger charge is 2.31. The molecular weight excluding hydrogens is 176 g/mol. The lowest BCUT2D eigenvalue weighted by molar-refractivity contribution is -0.0813. The second kappa shape index (κ2) is 5.69. The van der Waals surface area contributed by atoms with Gasteiger partial charge in [0.2, 0.25) is 0 Å². The van der Waals surface area contributed by atoms with Crippen molar-refractivity contribution in [1.82, 2.24) is 10.2 Å². The highest BCUT2D eigenvalue weighted by molar-refractivity contribution is 4.86. The van der Waals surface area contributed by atoms with Gasteiger partial charge in [0, 0.05) is 26.6 Å². The number of rotatable bonds is 4. The van der Waals surface area contributed by atoms with Crippen LogP contribution >= 0.6 is 0 Å². The van der Waals surface area contributed by atoms with Crippen molar-refractivity contribution in [2.75, 3.05) is 26.7 Å². The third-order valence-electron chi connectivity index (χ3n) is 3.02. The molecule has 0 bridgehead atoms. The number of ether oxygens (including phenoxy) is 1. The minimum atomic E-state index is 0. The fourth-order valence-electron chi connectivity index (χ4n) is 2.29. The Kier molecular flexibility index (Phi) is 4.85. The van der Waals surface area contributed by atoms with E-state index < -0.39 is 0 Å². The van der Waals surface area contributed by atoms with E-state index in [0.29, 0.717) is 18.2 Å². The second-order valence-electron chi connectivity index (χ2n) is 4.27. The molecule has 1 fully saturated rings. The lowest BCUT2D eigenvalue weighted by Gasteiger charge is -2.43. The Balaban J connectivity index is 0.00000196. The molecule has 2 atom stereocenters. The average Bonchev–Trinajstić information content (AvgIpc) is 2.18. The fraction of sp³-hybridized carbons (Fsp3) is 1.00. The maximum atomic E-state index is 5.79. The first kappa shape index (κ1) is 12.0. The molecule has 0 aromatic carbocycles. The second-order valence-corrected chi connectivity index (χ2v) is 4.27. The maximum absolute atomic E-state index is 5.79. The van der Waals surface area contributed by atoms with Gasteiger partial charge in [0.15, 0.2) is 0 Å². The zero-order chi connectivity index (χ0) is 10.6. The molecule has 0 aliphatic carbocycles. The van der Waals surface area contributed by atoms with Gasteiger partial charge in [0.25, 0.3) is 0 Å². The van der Waals surface area contributed by atoms with E-state index in [2.05, 4.69) is 31.0 Å². The van der Waals surface area contributed by atoms with Crippen LogP contribution in [-0.2, 0) is 4.74 Å². The minimum absolute atomic E-state index is 0. The summed E-state index contributed by atoms with van der Waals surface area (Å²) in [4.78, 5) is 2.55. The lowest BCUT2D eigenvalue weighted by Crippen LogP contribution is -2.57. The molecule has 1 saturated heterocycles. The molecule has 86 valence electrons. The normalized spacial score (nSPS) is 29.8. The zero-order valence-electron chi connectivity index (χ0n) is 9.92. The number of hydrogen-bond donors (Lipinski definition) is 1. The molecular formula is C11H26N2O. The Labute approximate surface area is 89.3 Å². The SMILES string of the molecule is CCC1OCCN(C(C)C)C1CNC.[HH]. The number of hydrogen-bond acceptors (Lipinski definition) is 3. The van der Waals surface area contributed by atoms with E-state index in [1.165, 1.54) is 0 Å². The van der Waals surface area contributed by atoms with Gasteiger partial charge in [0.1, 0.15) is 0 Å². The van der Waals surface area contributed by atoms with E-state index in [1.54, 1.807) is 0 Å². The third-order valence-corrected chi connectivity index (χ3v) is 3.02. The number of likely N-dealkylation sites (N-methyl/N-ethyl adjacent to an activating group) is 1. The Hall–Kier alpha value is -0.120. The molecule has 3 nitrogen and oxygen atoms in total. The zero-order valence-corrected chi connectivity index (χ0v) is 9.92. The Morgan fingerprint density at radius 3 is 2.79 bits per heavy atom. The van der Waals surface area contributed by atoms with Crippen molar-refractivity contribution in [3.05, 3.63) is 0 Å². The van der Waals surface area contributed by atoms with Crippen LogP contribution in [0.5, 0.6) is 0 Å². The quantitative estimate of drug-likeness (QED) is 0.744. The van der Waals surface area contributed by atoms with E-state index in [0.717, 1.165) is 26.1 Å². The average molecular weight is 202 g/mol. The van der Waals surface area contributed by atoms with Crippen molar-refractivity contribution in [2.45, 2.75) is 45.4 Å². The molecule has 0 saturated carbocycles. The van der Waals surface area contributed by atoms with Crippen molar-refractivity contribution < 1.29 is 6.16 Å². The molecule has 14 heavy (non-hydrogen) atoms. The van der Waals surface area contributed by atoms with Crippen LogP contribution < -0.4 is 5.32 Å². The predicted molar refractivity (Wildman–Crippen MR) is 61.7 cm³/mol. The monoisotopic (exact) mass is 202 g/mol. The minimum Gasteiger partial charge on any atom is -0.375 e. The van der Waals surface area contributed by atoms with Crippen LogP contribution in [0.1, 0.15) is 28.6 Å². The smallest absolute Gasteiger partial charge is 0.0740 e. The van der Waals surface area contributed by atoms with Gasteiger partial charge in [-0.15, -0.1) is 0 Å². The van der Waals surface area contributed by atoms with E-state index in [1.807, 2.05) is 7.05 Å². The summed E-state index contributed by atoms with van der Waals surface area (Å²) in [6.45, 7) is 9.71. The van der Waals surface area contributed by atoms with E-state index >= 15 is 0 Å². The summed E-state index contributed by atoms with van der Waals surface area (Å²) in [5.74, 6) is 0. The van der Waals surface area contributed by atoms with E-state index in [9.17, 15) is 0 Å². The summed E-state index contributed by atoms with van der Waals surface area (Å²) in [6, 6.07) is 1.16. The van der Waals surface area contributed by atoms with Gasteiger partial charge in [-0.1, -0.05) is 6.92 Å². The van der Waals surface area contributed by atoms with Crippen molar-refractivity contribution in [3.63, 3.8) is 0 Å². The first-order valence-corrected chi connectivity index (χ1v) is 5.72. The summed E-state index contributed by atoms with van der Waals surface area (Å²) >= 11 is 0. The largest absolute Gasteiger partial charge is 0.375 e. The number of nitrogens with zero attached hydrogens (tertiary/aromatic N) is 1. The van der Waals surface area contributed by atoms with Crippen LogP contribution in [0.15, 0.2) is 0 Å². The molecule has 3 heteroatoms. The first-order valence-electron chi connectivity index (χ1n) is 5.72. The summed E-state index contributed by atoms with van der Waals surface area (Å²) in [5.41, 5.74) is 0. The molecule has 0 aromatic heterocycles. The lowest BCUT2D eigenvalue weighted by atomic mass is 10.0. The van der Waals surface area contributed by atoms with Crippen LogP contribution in [0, 0.1) is 0 Å². The summed E-state index contributed by atoms with van der Waals surface area (Å²) in [5, 5.41) is 3.26. The van der Waals surface area contributed by atoms with Crippen LogP contribution in [0.2, 0.25) is 0 Å². The maximum Gasteiger partial charge on any atom is 0.0740 e. The molecule has 0 aromatic rings. The molecule has 2 unspecified atom stereocenters. The van der Waals surface area contributed by atoms with Crippen LogP contribution in [0.3, 0.4) is 0 Å². The van der Waals surface area contributed by atoms with Gasteiger partial charge in [0.05, 0.1) is 12.7 Å². The van der Waals surface area contributed by atoms with Crippen molar-refractivity contribution in [2.24, 2.45) is 0 Å². The molecule has 1 rings (SSSR count). The van der Waals surface area contributed by atoms with Crippen LogP contribution in [0.25, 0.3) is 0 Å². The predicted octanol–water partition coefficient (Wildman–Crippen LogP) is 1.34. The molecule has 1 aliphatic rings. The standard InChI is InChI=1S/C11H24N2O.H2/c1-5-11-10(8-12-4)13(9(2)3)6-7-14-11;/h9-12H,5-8H2,1-4H3;1H. The summed E-state index contributed by atoms with van der Waals surface area (Å²) in [7, 11) is 2.01. The number of morpholine rings is 1. The van der Waals surface area contributed by atoms with Gasteiger partial charge in [-0.25, -0.2) is 0 Å². The van der Waals surface area contributed by atoms with Crippen LogP contribution in [-0.4, -0.2) is 49.8 Å². The van der Waals surface area contributed by atoms with Gasteiger partial charge in [-0.3, -0.25) is 4.90 Å². The van der Waals surface area contributed by atoms with Crippen molar-refractivity contribution in [3.8, 4) is 0 Å². The van der Waals surface area contributed by atoms with E-state index in [-0.39, 0.29) is 1.43 Å². The van der Waals surface area contributed by atoms with Crippen LogP contribution in [0.4, 0.5) is 0 Å². The Bertz CT molecular complexity index is 167. The molecule has 0 radical (unpaired) electrons. The van der Waals surface area contributed by atoms with E-state index in [4.69, 9.17) is 4.74 Å². The Morgan fingerprint density at radius 2 is 2.29 bits per heavy atom. The summed E-state index contributed by atoms with van der Waals surface area (Å²) < 4.78 is 5.79.